The number of rotatable bonds is 5. The van der Waals surface area contributed by atoms with Crippen molar-refractivity contribution in [1.82, 2.24) is 0 Å². The summed E-state index contributed by atoms with van der Waals surface area (Å²) in [5, 5.41) is 12.4. The first-order chi connectivity index (χ1) is 9.69. The number of anilines is 1. The monoisotopic (exact) mass is 289 g/mol. The van der Waals surface area contributed by atoms with Gasteiger partial charge < -0.3 is 15.2 Å². The lowest BCUT2D eigenvalue weighted by atomic mass is 10.3. The van der Waals surface area contributed by atoms with Crippen LogP contribution in [0.1, 0.15) is 0 Å². The number of carbonyl (C=O) groups is 1. The van der Waals surface area contributed by atoms with Crippen molar-refractivity contribution in [3.05, 3.63) is 48.5 Å². The lowest BCUT2D eigenvalue weighted by Crippen LogP contribution is -2.13. The molecule has 2 rings (SSSR count). The van der Waals surface area contributed by atoms with E-state index in [1.54, 1.807) is 37.4 Å². The normalized spacial score (nSPS) is 10.1. The number of carbonyl (C=O) groups excluding carboxylic acids is 1. The Morgan fingerprint density at radius 2 is 2.05 bits per heavy atom. The Kier molecular flexibility index (Phi) is 4.90. The topological polar surface area (TPSA) is 58.6 Å². The Hall–Kier alpha value is -2.14. The van der Waals surface area contributed by atoms with Gasteiger partial charge in [-0.3, -0.25) is 4.79 Å². The second-order valence-corrected chi connectivity index (χ2v) is 5.05. The van der Waals surface area contributed by atoms with E-state index in [2.05, 4.69) is 5.32 Å². The molecule has 0 bridgehead atoms. The zero-order valence-electron chi connectivity index (χ0n) is 11.0. The van der Waals surface area contributed by atoms with Gasteiger partial charge in [-0.25, -0.2) is 0 Å². The van der Waals surface area contributed by atoms with Gasteiger partial charge in [0.05, 0.1) is 12.9 Å². The molecule has 0 fully saturated rings. The van der Waals surface area contributed by atoms with E-state index < -0.39 is 0 Å². The van der Waals surface area contributed by atoms with Gasteiger partial charge >= 0.3 is 0 Å². The Morgan fingerprint density at radius 1 is 1.25 bits per heavy atom. The van der Waals surface area contributed by atoms with Crippen LogP contribution in [0, 0.1) is 0 Å². The minimum absolute atomic E-state index is 0.133. The number of hydrogen-bond donors (Lipinski definition) is 2. The van der Waals surface area contributed by atoms with E-state index in [0.717, 1.165) is 0 Å². The number of para-hydroxylation sites is 1. The van der Waals surface area contributed by atoms with Gasteiger partial charge in [-0.2, -0.15) is 0 Å². The first-order valence-electron chi connectivity index (χ1n) is 6.04. The molecule has 2 N–H and O–H groups in total. The minimum atomic E-state index is -0.133. The highest BCUT2D eigenvalue weighted by Crippen LogP contribution is 2.27. The number of aromatic hydroxyl groups is 1. The second-order valence-electron chi connectivity index (χ2n) is 4.04. The largest absolute Gasteiger partial charge is 0.507 e. The highest BCUT2D eigenvalue weighted by Gasteiger charge is 2.06. The number of phenolic OH excluding ortho intramolecular Hbond substituents is 1. The first kappa shape index (κ1) is 14.3. The number of thioether (sulfide) groups is 1. The summed E-state index contributed by atoms with van der Waals surface area (Å²) in [7, 11) is 1.58. The number of amides is 1. The zero-order chi connectivity index (χ0) is 14.4. The molecule has 104 valence electrons. The molecule has 1 amide bonds. The summed E-state index contributed by atoms with van der Waals surface area (Å²) >= 11 is 1.29. The van der Waals surface area contributed by atoms with Gasteiger partial charge in [-0.15, -0.1) is 11.8 Å². The summed E-state index contributed by atoms with van der Waals surface area (Å²) in [6, 6.07) is 14.1. The van der Waals surface area contributed by atoms with Gasteiger partial charge in [0.15, 0.2) is 0 Å². The Balaban J connectivity index is 1.91. The van der Waals surface area contributed by atoms with Gasteiger partial charge in [0.1, 0.15) is 11.5 Å². The van der Waals surface area contributed by atoms with Crippen molar-refractivity contribution in [1.29, 1.82) is 0 Å². The lowest BCUT2D eigenvalue weighted by molar-refractivity contribution is -0.113. The molecule has 2 aromatic carbocycles. The minimum Gasteiger partial charge on any atom is -0.507 e. The molecule has 20 heavy (non-hydrogen) atoms. The number of ether oxygens (including phenoxy) is 1. The van der Waals surface area contributed by atoms with Crippen LogP contribution in [0.15, 0.2) is 53.4 Å². The molecule has 0 saturated carbocycles. The third-order valence-electron chi connectivity index (χ3n) is 2.58. The first-order valence-corrected chi connectivity index (χ1v) is 7.02. The molecule has 0 saturated heterocycles. The van der Waals surface area contributed by atoms with E-state index in [0.29, 0.717) is 16.3 Å². The summed E-state index contributed by atoms with van der Waals surface area (Å²) < 4.78 is 5.09. The van der Waals surface area contributed by atoms with E-state index in [4.69, 9.17) is 4.74 Å². The maximum atomic E-state index is 11.8. The Bertz CT molecular complexity index is 601. The smallest absolute Gasteiger partial charge is 0.234 e. The van der Waals surface area contributed by atoms with Crippen molar-refractivity contribution in [2.75, 3.05) is 18.2 Å². The molecule has 0 spiro atoms. The molecule has 2 aromatic rings. The highest BCUT2D eigenvalue weighted by molar-refractivity contribution is 8.00. The fourth-order valence-electron chi connectivity index (χ4n) is 1.62. The van der Waals surface area contributed by atoms with Crippen LogP contribution in [0.25, 0.3) is 0 Å². The number of hydrogen-bond acceptors (Lipinski definition) is 4. The van der Waals surface area contributed by atoms with Gasteiger partial charge in [0, 0.05) is 16.6 Å². The van der Waals surface area contributed by atoms with E-state index in [9.17, 15) is 9.90 Å². The number of nitrogens with one attached hydrogen (secondary N) is 1. The standard InChI is InChI=1S/C15H15NO3S/c1-19-12-6-4-5-11(9-12)16-15(18)10-20-14-8-3-2-7-13(14)17/h2-9,17H,10H2,1H3,(H,16,18). The summed E-state index contributed by atoms with van der Waals surface area (Å²) in [4.78, 5) is 12.5. The van der Waals surface area contributed by atoms with Crippen LogP contribution in [0.4, 0.5) is 5.69 Å². The molecular weight excluding hydrogens is 274 g/mol. The summed E-state index contributed by atoms with van der Waals surface area (Å²) in [5.74, 6) is 0.976. The average Bonchev–Trinajstić information content (AvgIpc) is 2.46. The summed E-state index contributed by atoms with van der Waals surface area (Å²) in [6.45, 7) is 0. The van der Waals surface area contributed by atoms with Crippen LogP contribution >= 0.6 is 11.8 Å². The van der Waals surface area contributed by atoms with Crippen LogP contribution in [0.3, 0.4) is 0 Å². The maximum Gasteiger partial charge on any atom is 0.234 e. The summed E-state index contributed by atoms with van der Waals surface area (Å²) in [6.07, 6.45) is 0. The fourth-order valence-corrected chi connectivity index (χ4v) is 2.37. The highest BCUT2D eigenvalue weighted by atomic mass is 32.2. The fraction of sp³-hybridized carbons (Fsp3) is 0.133. The molecule has 0 aliphatic carbocycles. The predicted octanol–water partition coefficient (Wildman–Crippen LogP) is 3.13. The van der Waals surface area contributed by atoms with Crippen molar-refractivity contribution in [3.8, 4) is 11.5 Å². The van der Waals surface area contributed by atoms with Crippen LogP contribution in [-0.2, 0) is 4.79 Å². The molecule has 0 radical (unpaired) electrons. The molecular formula is C15H15NO3S. The number of methoxy groups -OCH3 is 1. The molecule has 0 aliphatic rings. The van der Waals surface area contributed by atoms with Gasteiger partial charge in [-0.05, 0) is 24.3 Å². The van der Waals surface area contributed by atoms with Crippen molar-refractivity contribution in [3.63, 3.8) is 0 Å². The van der Waals surface area contributed by atoms with Crippen LogP contribution in [0.2, 0.25) is 0 Å². The third kappa shape index (κ3) is 3.93. The average molecular weight is 289 g/mol. The molecule has 0 heterocycles. The number of benzene rings is 2. The van der Waals surface area contributed by atoms with E-state index in [1.165, 1.54) is 11.8 Å². The SMILES string of the molecule is COc1cccc(NC(=O)CSc2ccccc2O)c1. The molecule has 0 unspecified atom stereocenters. The molecule has 4 nitrogen and oxygen atoms in total. The van der Waals surface area contributed by atoms with Crippen molar-refractivity contribution >= 4 is 23.4 Å². The van der Waals surface area contributed by atoms with Gasteiger partial charge in [0.2, 0.25) is 5.91 Å². The van der Waals surface area contributed by atoms with E-state index >= 15 is 0 Å². The van der Waals surface area contributed by atoms with Crippen molar-refractivity contribution < 1.29 is 14.6 Å². The maximum absolute atomic E-state index is 11.8. The number of phenols is 1. The third-order valence-corrected chi connectivity index (χ3v) is 3.64. The molecule has 0 atom stereocenters. The van der Waals surface area contributed by atoms with Crippen molar-refractivity contribution in [2.45, 2.75) is 4.90 Å². The summed E-state index contributed by atoms with van der Waals surface area (Å²) in [5.41, 5.74) is 0.687. The van der Waals surface area contributed by atoms with Crippen LogP contribution in [-0.4, -0.2) is 23.9 Å². The van der Waals surface area contributed by atoms with Gasteiger partial charge in [-0.1, -0.05) is 18.2 Å². The quantitative estimate of drug-likeness (QED) is 0.830. The molecule has 0 aromatic heterocycles. The van der Waals surface area contributed by atoms with E-state index in [1.807, 2.05) is 18.2 Å². The zero-order valence-corrected chi connectivity index (χ0v) is 11.8. The Morgan fingerprint density at radius 3 is 2.80 bits per heavy atom. The van der Waals surface area contributed by atoms with Crippen LogP contribution < -0.4 is 10.1 Å². The van der Waals surface area contributed by atoms with Gasteiger partial charge in [0.25, 0.3) is 0 Å². The lowest BCUT2D eigenvalue weighted by Gasteiger charge is -2.07. The van der Waals surface area contributed by atoms with E-state index in [-0.39, 0.29) is 17.4 Å². The Labute approximate surface area is 121 Å². The predicted molar refractivity (Wildman–Crippen MR) is 80.5 cm³/mol. The second kappa shape index (κ2) is 6.86. The van der Waals surface area contributed by atoms with Crippen molar-refractivity contribution in [2.24, 2.45) is 0 Å². The molecule has 5 heteroatoms. The van der Waals surface area contributed by atoms with Crippen LogP contribution in [0.5, 0.6) is 11.5 Å². The molecule has 0 aliphatic heterocycles.